The number of nitrogens with one attached hydrogen (secondary N) is 1. The second-order valence-corrected chi connectivity index (χ2v) is 6.12. The summed E-state index contributed by atoms with van der Waals surface area (Å²) in [6.07, 6.45) is 3.57. The second-order valence-electron chi connectivity index (χ2n) is 6.12. The highest BCUT2D eigenvalue weighted by molar-refractivity contribution is 5.95. The Kier molecular flexibility index (Phi) is 3.56. The third kappa shape index (κ3) is 2.56. The van der Waals surface area contributed by atoms with Crippen LogP contribution in [0.15, 0.2) is 48.7 Å². The summed E-state index contributed by atoms with van der Waals surface area (Å²) in [5.41, 5.74) is 1.48. The number of halogens is 2. The topological polar surface area (TPSA) is 36.1 Å². The summed E-state index contributed by atoms with van der Waals surface area (Å²) in [5, 5.41) is 1.02. The largest absolute Gasteiger partial charge is 0.361 e. The van der Waals surface area contributed by atoms with Gasteiger partial charge in [0.05, 0.1) is 0 Å². The third-order valence-electron chi connectivity index (χ3n) is 4.45. The maximum Gasteiger partial charge on any atom is 0.260 e. The molecule has 1 amide bonds. The molecule has 1 aromatic heterocycles. The molecule has 1 heterocycles. The van der Waals surface area contributed by atoms with Crippen molar-refractivity contribution in [1.82, 2.24) is 9.88 Å². The number of carbonyl (C=O) groups is 1. The molecule has 1 aliphatic carbocycles. The Morgan fingerprint density at radius 3 is 2.50 bits per heavy atom. The molecular weight excluding hydrogens is 310 g/mol. The predicted octanol–water partition coefficient (Wildman–Crippen LogP) is 4.25. The number of nitrogens with zero attached hydrogens (tertiary/aromatic N) is 1. The number of amides is 1. The van der Waals surface area contributed by atoms with Gasteiger partial charge in [-0.2, -0.15) is 0 Å². The van der Waals surface area contributed by atoms with Crippen molar-refractivity contribution in [1.29, 1.82) is 0 Å². The van der Waals surface area contributed by atoms with Crippen LogP contribution >= 0.6 is 0 Å². The van der Waals surface area contributed by atoms with Crippen molar-refractivity contribution in [3.8, 4) is 0 Å². The van der Waals surface area contributed by atoms with E-state index in [0.717, 1.165) is 41.4 Å². The average Bonchev–Trinajstić information content (AvgIpc) is 3.28. The lowest BCUT2D eigenvalue weighted by molar-refractivity contribution is 0.0720. The van der Waals surface area contributed by atoms with E-state index < -0.39 is 23.1 Å². The minimum absolute atomic E-state index is 0.0469. The van der Waals surface area contributed by atoms with Gasteiger partial charge in [0, 0.05) is 29.7 Å². The summed E-state index contributed by atoms with van der Waals surface area (Å²) in [5.74, 6) is -2.21. The molecule has 0 aliphatic heterocycles. The van der Waals surface area contributed by atoms with E-state index in [-0.39, 0.29) is 6.04 Å². The van der Waals surface area contributed by atoms with E-state index in [1.54, 1.807) is 4.90 Å². The van der Waals surface area contributed by atoms with Gasteiger partial charge in [-0.3, -0.25) is 4.79 Å². The molecule has 5 heteroatoms. The summed E-state index contributed by atoms with van der Waals surface area (Å²) in [6.45, 7) is 0.340. The van der Waals surface area contributed by atoms with Crippen LogP contribution in [0.5, 0.6) is 0 Å². The molecule has 1 saturated carbocycles. The second kappa shape index (κ2) is 5.74. The number of hydrogen-bond donors (Lipinski definition) is 1. The molecule has 3 nitrogen and oxygen atoms in total. The zero-order chi connectivity index (χ0) is 16.7. The highest BCUT2D eigenvalue weighted by Gasteiger charge is 2.35. The maximum atomic E-state index is 14.0. The minimum atomic E-state index is -0.814. The lowest BCUT2D eigenvalue weighted by Gasteiger charge is -2.23. The Balaban J connectivity index is 1.70. The van der Waals surface area contributed by atoms with Crippen LogP contribution in [0.2, 0.25) is 0 Å². The lowest BCUT2D eigenvalue weighted by atomic mass is 10.1. The van der Waals surface area contributed by atoms with Gasteiger partial charge in [-0.1, -0.05) is 18.2 Å². The van der Waals surface area contributed by atoms with Crippen LogP contribution in [0.1, 0.15) is 28.8 Å². The van der Waals surface area contributed by atoms with Gasteiger partial charge < -0.3 is 9.88 Å². The molecule has 0 saturated heterocycles. The number of benzene rings is 2. The Bertz CT molecular complexity index is 894. The van der Waals surface area contributed by atoms with Gasteiger partial charge in [0.15, 0.2) is 0 Å². The van der Waals surface area contributed by atoms with Crippen molar-refractivity contribution >= 4 is 16.8 Å². The van der Waals surface area contributed by atoms with Gasteiger partial charge in [-0.15, -0.1) is 0 Å². The number of aromatic amines is 1. The van der Waals surface area contributed by atoms with Crippen LogP contribution in [0.4, 0.5) is 8.78 Å². The van der Waals surface area contributed by atoms with Gasteiger partial charge in [0.2, 0.25) is 0 Å². The Morgan fingerprint density at radius 2 is 1.79 bits per heavy atom. The fraction of sp³-hybridized carbons (Fsp3) is 0.211. The predicted molar refractivity (Wildman–Crippen MR) is 87.6 cm³/mol. The average molecular weight is 326 g/mol. The molecule has 122 valence electrons. The van der Waals surface area contributed by atoms with Gasteiger partial charge in [0.25, 0.3) is 5.91 Å². The fourth-order valence-electron chi connectivity index (χ4n) is 3.07. The molecule has 2 aromatic carbocycles. The number of rotatable bonds is 4. The molecule has 0 bridgehead atoms. The van der Waals surface area contributed by atoms with Crippen molar-refractivity contribution in [3.63, 3.8) is 0 Å². The molecule has 4 rings (SSSR count). The van der Waals surface area contributed by atoms with Crippen LogP contribution in [0, 0.1) is 11.6 Å². The number of hydrogen-bond acceptors (Lipinski definition) is 1. The summed E-state index contributed by atoms with van der Waals surface area (Å²) >= 11 is 0. The zero-order valence-corrected chi connectivity index (χ0v) is 12.9. The molecule has 0 atom stereocenters. The smallest absolute Gasteiger partial charge is 0.260 e. The molecule has 0 unspecified atom stereocenters. The van der Waals surface area contributed by atoms with Crippen molar-refractivity contribution in [2.45, 2.75) is 25.4 Å². The first-order valence-corrected chi connectivity index (χ1v) is 7.95. The van der Waals surface area contributed by atoms with Gasteiger partial charge in [0.1, 0.15) is 17.2 Å². The van der Waals surface area contributed by atoms with Crippen LogP contribution in [-0.4, -0.2) is 21.8 Å². The highest BCUT2D eigenvalue weighted by Crippen LogP contribution is 2.32. The maximum absolute atomic E-state index is 14.0. The summed E-state index contributed by atoms with van der Waals surface area (Å²) in [6, 6.07) is 11.3. The van der Waals surface area contributed by atoms with E-state index in [4.69, 9.17) is 0 Å². The first kappa shape index (κ1) is 14.9. The van der Waals surface area contributed by atoms with Gasteiger partial charge in [-0.05, 0) is 42.7 Å². The Hall–Kier alpha value is -2.69. The van der Waals surface area contributed by atoms with Crippen molar-refractivity contribution in [3.05, 3.63) is 71.4 Å². The van der Waals surface area contributed by atoms with E-state index in [1.807, 2.05) is 30.5 Å². The van der Waals surface area contributed by atoms with Crippen LogP contribution in [0.3, 0.4) is 0 Å². The number of carbonyl (C=O) groups excluding carboxylic acids is 1. The summed E-state index contributed by atoms with van der Waals surface area (Å²) < 4.78 is 28.0. The number of aromatic nitrogens is 1. The molecule has 24 heavy (non-hydrogen) atoms. The Morgan fingerprint density at radius 1 is 1.08 bits per heavy atom. The van der Waals surface area contributed by atoms with Gasteiger partial charge in [-0.25, -0.2) is 8.78 Å². The van der Waals surface area contributed by atoms with Crippen molar-refractivity contribution in [2.75, 3.05) is 0 Å². The monoisotopic (exact) mass is 326 g/mol. The van der Waals surface area contributed by atoms with Crippen LogP contribution in [0.25, 0.3) is 10.9 Å². The molecule has 3 aromatic rings. The molecule has 1 fully saturated rings. The lowest BCUT2D eigenvalue weighted by Crippen LogP contribution is -2.34. The first-order valence-electron chi connectivity index (χ1n) is 7.95. The SMILES string of the molecule is O=C(c1c(F)cccc1F)N(Cc1cccc2[nH]ccc12)C1CC1. The normalized spacial score (nSPS) is 14.1. The molecule has 1 aliphatic rings. The van der Waals surface area contributed by atoms with Crippen molar-refractivity contribution in [2.24, 2.45) is 0 Å². The minimum Gasteiger partial charge on any atom is -0.361 e. The van der Waals surface area contributed by atoms with E-state index in [0.29, 0.717) is 6.54 Å². The molecule has 1 N–H and O–H groups in total. The van der Waals surface area contributed by atoms with E-state index in [2.05, 4.69) is 4.98 Å². The highest BCUT2D eigenvalue weighted by atomic mass is 19.1. The third-order valence-corrected chi connectivity index (χ3v) is 4.45. The molecular formula is C19H16F2N2O. The quantitative estimate of drug-likeness (QED) is 0.764. The standard InChI is InChI=1S/C19H16F2N2O/c20-15-4-2-5-16(21)18(15)19(24)23(13-7-8-13)11-12-3-1-6-17-14(12)9-10-22-17/h1-6,9-10,13,22H,7-8,11H2. The van der Waals surface area contributed by atoms with E-state index >= 15 is 0 Å². The Labute approximate surface area is 137 Å². The first-order chi connectivity index (χ1) is 11.6. The number of fused-ring (bicyclic) bond motifs is 1. The summed E-state index contributed by atoms with van der Waals surface area (Å²) in [7, 11) is 0. The number of H-pyrrole nitrogens is 1. The van der Waals surface area contributed by atoms with Crippen molar-refractivity contribution < 1.29 is 13.6 Å². The van der Waals surface area contributed by atoms with Crippen LogP contribution in [-0.2, 0) is 6.54 Å². The molecule has 0 radical (unpaired) electrons. The fourth-order valence-corrected chi connectivity index (χ4v) is 3.07. The zero-order valence-electron chi connectivity index (χ0n) is 12.9. The van der Waals surface area contributed by atoms with E-state index in [1.165, 1.54) is 6.07 Å². The molecule has 0 spiro atoms. The van der Waals surface area contributed by atoms with Crippen LogP contribution < -0.4 is 0 Å². The summed E-state index contributed by atoms with van der Waals surface area (Å²) in [4.78, 5) is 17.5. The van der Waals surface area contributed by atoms with E-state index in [9.17, 15) is 13.6 Å². The van der Waals surface area contributed by atoms with Gasteiger partial charge >= 0.3 is 0 Å².